The molecule has 3 rings (SSSR count). The topological polar surface area (TPSA) is 76.7 Å². The van der Waals surface area contributed by atoms with Gasteiger partial charge in [-0.15, -0.1) is 11.3 Å². The third-order valence-corrected chi connectivity index (χ3v) is 5.59. The summed E-state index contributed by atoms with van der Waals surface area (Å²) in [4.78, 5) is 13.6. The summed E-state index contributed by atoms with van der Waals surface area (Å²) < 4.78 is 14.7. The summed E-state index contributed by atoms with van der Waals surface area (Å²) in [7, 11) is 0. The molecule has 3 N–H and O–H groups in total. The zero-order valence-corrected chi connectivity index (χ0v) is 15.6. The molecule has 8 heteroatoms. The van der Waals surface area contributed by atoms with Crippen molar-refractivity contribution >= 4 is 39.0 Å². The van der Waals surface area contributed by atoms with Crippen LogP contribution in [0.4, 0.5) is 10.2 Å². The molecular formula is C17H19ClFN5S. The first kappa shape index (κ1) is 18.0. The Kier molecular flexibility index (Phi) is 5.46. The normalized spacial score (nSPS) is 12.5. The Hall–Kier alpha value is -1.83. The number of hydrogen-bond donors (Lipinski definition) is 2. The largest absolute Gasteiger partial charge is 0.365 e. The average molecular weight is 380 g/mol. The fourth-order valence-corrected chi connectivity index (χ4v) is 4.00. The molecule has 0 bridgehead atoms. The number of nitrogens with two attached hydrogens (primary N) is 1. The number of pyridine rings is 1. The number of hydrogen-bond acceptors (Lipinski definition) is 6. The van der Waals surface area contributed by atoms with Crippen LogP contribution in [0.1, 0.15) is 29.3 Å². The van der Waals surface area contributed by atoms with Crippen LogP contribution in [0.2, 0.25) is 5.28 Å². The monoisotopic (exact) mass is 379 g/mol. The molecule has 0 aliphatic carbocycles. The third kappa shape index (κ3) is 3.89. The maximum absolute atomic E-state index is 13.8. The average Bonchev–Trinajstić information content (AvgIpc) is 2.90. The van der Waals surface area contributed by atoms with Gasteiger partial charge in [0.05, 0.1) is 16.4 Å². The quantitative estimate of drug-likeness (QED) is 0.631. The number of aryl methyl sites for hydroxylation is 1. The lowest BCUT2D eigenvalue weighted by molar-refractivity contribution is 0.606. The highest BCUT2D eigenvalue weighted by atomic mass is 35.5. The standard InChI is InChI=1S/C17H19ClFN5S/c1-3-11(20)6-13-9(2)14-15(25-13)16(24-17(18)23-14)22-7-10-4-5-21-8-12(10)19/h4-5,8,11H,3,6-7,20H2,1-2H3,(H,22,23,24). The number of rotatable bonds is 6. The highest BCUT2D eigenvalue weighted by molar-refractivity contribution is 7.19. The summed E-state index contributed by atoms with van der Waals surface area (Å²) in [5.74, 6) is 0.249. The van der Waals surface area contributed by atoms with Crippen LogP contribution in [0.15, 0.2) is 18.5 Å². The van der Waals surface area contributed by atoms with E-state index in [1.807, 2.05) is 6.92 Å². The third-order valence-electron chi connectivity index (χ3n) is 4.11. The lowest BCUT2D eigenvalue weighted by atomic mass is 10.1. The van der Waals surface area contributed by atoms with Gasteiger partial charge >= 0.3 is 0 Å². The minimum absolute atomic E-state index is 0.109. The molecule has 0 spiro atoms. The van der Waals surface area contributed by atoms with Crippen molar-refractivity contribution in [3.8, 4) is 0 Å². The van der Waals surface area contributed by atoms with Crippen LogP contribution in [0.3, 0.4) is 0 Å². The van der Waals surface area contributed by atoms with Crippen molar-refractivity contribution < 1.29 is 4.39 Å². The first-order valence-corrected chi connectivity index (χ1v) is 9.22. The van der Waals surface area contributed by atoms with Gasteiger partial charge in [0.15, 0.2) is 0 Å². The molecule has 1 unspecified atom stereocenters. The number of anilines is 1. The smallest absolute Gasteiger partial charge is 0.224 e. The Bertz CT molecular complexity index is 898. The van der Waals surface area contributed by atoms with Gasteiger partial charge in [0.1, 0.15) is 11.6 Å². The number of fused-ring (bicyclic) bond motifs is 1. The number of nitrogens with one attached hydrogen (secondary N) is 1. The number of nitrogens with zero attached hydrogens (tertiary/aromatic N) is 3. The predicted molar refractivity (Wildman–Crippen MR) is 101 cm³/mol. The molecule has 0 aliphatic rings. The number of halogens is 2. The van der Waals surface area contributed by atoms with Crippen molar-refractivity contribution in [2.45, 2.75) is 39.3 Å². The van der Waals surface area contributed by atoms with Gasteiger partial charge in [-0.05, 0) is 43.0 Å². The minimum atomic E-state index is -0.358. The Morgan fingerprint density at radius 3 is 2.92 bits per heavy atom. The van der Waals surface area contributed by atoms with Crippen LogP contribution in [0, 0.1) is 12.7 Å². The van der Waals surface area contributed by atoms with Crippen molar-refractivity contribution in [1.82, 2.24) is 15.0 Å². The van der Waals surface area contributed by atoms with Crippen LogP contribution in [-0.4, -0.2) is 21.0 Å². The van der Waals surface area contributed by atoms with Gasteiger partial charge in [-0.1, -0.05) is 6.92 Å². The van der Waals surface area contributed by atoms with E-state index in [0.717, 1.165) is 28.6 Å². The van der Waals surface area contributed by atoms with E-state index in [0.29, 0.717) is 11.4 Å². The van der Waals surface area contributed by atoms with Gasteiger partial charge in [-0.2, -0.15) is 4.98 Å². The van der Waals surface area contributed by atoms with E-state index in [2.05, 4.69) is 27.2 Å². The molecule has 3 aromatic rings. The van der Waals surface area contributed by atoms with Crippen LogP contribution < -0.4 is 11.1 Å². The van der Waals surface area contributed by atoms with Gasteiger partial charge in [-0.3, -0.25) is 4.98 Å². The second-order valence-electron chi connectivity index (χ2n) is 5.86. The van der Waals surface area contributed by atoms with Gasteiger partial charge in [0, 0.05) is 29.2 Å². The van der Waals surface area contributed by atoms with E-state index in [9.17, 15) is 4.39 Å². The summed E-state index contributed by atoms with van der Waals surface area (Å²) in [6.45, 7) is 4.38. The summed E-state index contributed by atoms with van der Waals surface area (Å²) >= 11 is 7.69. The van der Waals surface area contributed by atoms with Crippen LogP contribution in [0.25, 0.3) is 10.2 Å². The van der Waals surface area contributed by atoms with Crippen molar-refractivity contribution in [2.75, 3.05) is 5.32 Å². The van der Waals surface area contributed by atoms with Crippen LogP contribution in [0.5, 0.6) is 0 Å². The highest BCUT2D eigenvalue weighted by Crippen LogP contribution is 2.35. The Morgan fingerprint density at radius 1 is 1.40 bits per heavy atom. The van der Waals surface area contributed by atoms with Crippen LogP contribution in [-0.2, 0) is 13.0 Å². The fourth-order valence-electron chi connectivity index (χ4n) is 2.53. The van der Waals surface area contributed by atoms with E-state index in [4.69, 9.17) is 17.3 Å². The molecule has 0 amide bonds. The maximum atomic E-state index is 13.8. The molecule has 0 radical (unpaired) electrons. The lowest BCUT2D eigenvalue weighted by Crippen LogP contribution is -2.21. The molecule has 3 heterocycles. The second kappa shape index (κ2) is 7.59. The second-order valence-corrected chi connectivity index (χ2v) is 7.31. The Balaban J connectivity index is 1.94. The van der Waals surface area contributed by atoms with Gasteiger partial charge in [0.25, 0.3) is 0 Å². The lowest BCUT2D eigenvalue weighted by Gasteiger charge is -2.07. The zero-order chi connectivity index (χ0) is 18.0. The maximum Gasteiger partial charge on any atom is 0.224 e. The van der Waals surface area contributed by atoms with Gasteiger partial charge < -0.3 is 11.1 Å². The van der Waals surface area contributed by atoms with E-state index in [1.165, 1.54) is 11.1 Å². The van der Waals surface area contributed by atoms with Gasteiger partial charge in [0.2, 0.25) is 5.28 Å². The van der Waals surface area contributed by atoms with Gasteiger partial charge in [-0.25, -0.2) is 9.37 Å². The van der Waals surface area contributed by atoms with Crippen molar-refractivity contribution in [2.24, 2.45) is 5.73 Å². The molecule has 25 heavy (non-hydrogen) atoms. The van der Waals surface area contributed by atoms with E-state index < -0.39 is 0 Å². The molecule has 3 aromatic heterocycles. The molecule has 0 saturated carbocycles. The number of aromatic nitrogens is 3. The molecule has 0 aliphatic heterocycles. The van der Waals surface area contributed by atoms with E-state index in [-0.39, 0.29) is 23.7 Å². The van der Waals surface area contributed by atoms with Crippen molar-refractivity contribution in [3.63, 3.8) is 0 Å². The first-order valence-electron chi connectivity index (χ1n) is 8.03. The summed E-state index contributed by atoms with van der Waals surface area (Å²) in [5.41, 5.74) is 8.51. The van der Waals surface area contributed by atoms with Crippen LogP contribution >= 0.6 is 22.9 Å². The Morgan fingerprint density at radius 2 is 2.20 bits per heavy atom. The summed E-state index contributed by atoms with van der Waals surface area (Å²) in [6, 6.07) is 1.74. The van der Waals surface area contributed by atoms with E-state index in [1.54, 1.807) is 23.6 Å². The van der Waals surface area contributed by atoms with Crippen molar-refractivity contribution in [3.05, 3.63) is 45.6 Å². The Labute approximate surface area is 154 Å². The molecule has 0 aromatic carbocycles. The fraction of sp³-hybridized carbons (Fsp3) is 0.353. The molecule has 132 valence electrons. The predicted octanol–water partition coefficient (Wildman–Crippen LogP) is 4.08. The summed E-state index contributed by atoms with van der Waals surface area (Å²) in [5, 5.41) is 3.33. The van der Waals surface area contributed by atoms with Crippen molar-refractivity contribution in [1.29, 1.82) is 0 Å². The summed E-state index contributed by atoms with van der Waals surface area (Å²) in [6.07, 6.45) is 4.45. The molecule has 0 saturated heterocycles. The zero-order valence-electron chi connectivity index (χ0n) is 14.0. The molecule has 0 fully saturated rings. The first-order chi connectivity index (χ1) is 12.0. The SMILES string of the molecule is CCC(N)Cc1sc2c(NCc3ccncc3F)nc(Cl)nc2c1C. The van der Waals surface area contributed by atoms with E-state index >= 15 is 0 Å². The molecule has 1 atom stereocenters. The minimum Gasteiger partial charge on any atom is -0.365 e. The number of thiophene rings is 1. The molecular weight excluding hydrogens is 361 g/mol. The highest BCUT2D eigenvalue weighted by Gasteiger charge is 2.17. The molecule has 5 nitrogen and oxygen atoms in total.